The number of ether oxygens (including phenoxy) is 1. The smallest absolute Gasteiger partial charge is 0.269 e. The summed E-state index contributed by atoms with van der Waals surface area (Å²) in [7, 11) is 0. The summed E-state index contributed by atoms with van der Waals surface area (Å²) < 4.78 is 5.67. The maximum atomic E-state index is 11.9. The number of amides is 1. The number of carbonyl (C=O) groups excluding carboxylic acids is 1. The largest absolute Gasteiger partial charge is 0.494 e. The molecule has 0 radical (unpaired) electrons. The third-order valence-corrected chi connectivity index (χ3v) is 3.85. The van der Waals surface area contributed by atoms with Gasteiger partial charge in [-0.3, -0.25) is 4.79 Å². The lowest BCUT2D eigenvalue weighted by Crippen LogP contribution is -2.33. The van der Waals surface area contributed by atoms with Gasteiger partial charge in [0, 0.05) is 13.0 Å². The number of oxime groups is 1. The number of unbranched alkanes of at least 4 members (excludes halogenated alkanes) is 2. The van der Waals surface area contributed by atoms with Crippen LogP contribution in [0.4, 0.5) is 0 Å². The van der Waals surface area contributed by atoms with Crippen molar-refractivity contribution in [1.29, 1.82) is 0 Å². The number of carbonyl (C=O) groups is 1. The van der Waals surface area contributed by atoms with Crippen molar-refractivity contribution in [3.8, 4) is 5.75 Å². The highest BCUT2D eigenvalue weighted by atomic mass is 16.6. The minimum atomic E-state index is -0.0949. The van der Waals surface area contributed by atoms with Gasteiger partial charge in [0.1, 0.15) is 17.6 Å². The van der Waals surface area contributed by atoms with E-state index in [9.17, 15) is 4.79 Å². The van der Waals surface area contributed by atoms with Crippen molar-refractivity contribution in [2.75, 3.05) is 13.2 Å². The summed E-state index contributed by atoms with van der Waals surface area (Å²) in [5, 5.41) is 6.81. The second kappa shape index (κ2) is 9.96. The van der Waals surface area contributed by atoms with Crippen LogP contribution in [0.3, 0.4) is 0 Å². The van der Waals surface area contributed by atoms with Gasteiger partial charge in [-0.15, -0.1) is 0 Å². The highest BCUT2D eigenvalue weighted by molar-refractivity contribution is 6.39. The topological polar surface area (TPSA) is 59.9 Å². The zero-order chi connectivity index (χ0) is 17.2. The number of para-hydroxylation sites is 1. The summed E-state index contributed by atoms with van der Waals surface area (Å²) in [6.45, 7) is 5.54. The fraction of sp³-hybridized carbons (Fsp3) is 0.579. The van der Waals surface area contributed by atoms with Gasteiger partial charge in [-0.1, -0.05) is 37.2 Å². The monoisotopic (exact) mass is 332 g/mol. The van der Waals surface area contributed by atoms with Gasteiger partial charge in [0.2, 0.25) is 0 Å². The highest BCUT2D eigenvalue weighted by Crippen LogP contribution is 2.17. The summed E-state index contributed by atoms with van der Waals surface area (Å²) in [5.41, 5.74) is 0.521. The molecule has 1 aromatic carbocycles. The summed E-state index contributed by atoms with van der Waals surface area (Å²) in [6, 6.07) is 9.86. The first kappa shape index (κ1) is 18.3. The molecule has 0 aromatic heterocycles. The lowest BCUT2D eigenvalue weighted by atomic mass is 10.1. The molecule has 0 aliphatic carbocycles. The van der Waals surface area contributed by atoms with Crippen LogP contribution in [-0.4, -0.2) is 30.9 Å². The summed E-state index contributed by atoms with van der Waals surface area (Å²) >= 11 is 0. The molecule has 1 heterocycles. The van der Waals surface area contributed by atoms with Crippen LogP contribution in [0.15, 0.2) is 35.5 Å². The minimum Gasteiger partial charge on any atom is -0.494 e. The summed E-state index contributed by atoms with van der Waals surface area (Å²) in [4.78, 5) is 17.3. The first-order chi connectivity index (χ1) is 11.6. The molecule has 0 spiro atoms. The van der Waals surface area contributed by atoms with Crippen molar-refractivity contribution in [3.63, 3.8) is 0 Å². The molecule has 5 heteroatoms. The average Bonchev–Trinajstić information content (AvgIpc) is 3.05. The average molecular weight is 332 g/mol. The van der Waals surface area contributed by atoms with E-state index < -0.39 is 0 Å². The van der Waals surface area contributed by atoms with Gasteiger partial charge < -0.3 is 14.9 Å². The van der Waals surface area contributed by atoms with E-state index >= 15 is 0 Å². The third-order valence-electron chi connectivity index (χ3n) is 3.85. The van der Waals surface area contributed by atoms with Crippen LogP contribution in [0.5, 0.6) is 5.75 Å². The van der Waals surface area contributed by atoms with Crippen LogP contribution in [0.25, 0.3) is 0 Å². The molecule has 24 heavy (non-hydrogen) atoms. The fourth-order valence-electron chi connectivity index (χ4n) is 2.47. The predicted molar refractivity (Wildman–Crippen MR) is 95.2 cm³/mol. The van der Waals surface area contributed by atoms with Gasteiger partial charge in [0.05, 0.1) is 6.61 Å². The molecule has 2 rings (SSSR count). The maximum Gasteiger partial charge on any atom is 0.269 e. The zero-order valence-electron chi connectivity index (χ0n) is 14.7. The normalized spacial score (nSPS) is 16.6. The van der Waals surface area contributed by atoms with Crippen LogP contribution in [0, 0.1) is 5.92 Å². The SMILES string of the molecule is CC(C)CNC(=O)C1=NOC(CCCCCOc2ccccc2)C1. The first-order valence-electron chi connectivity index (χ1n) is 8.84. The van der Waals surface area contributed by atoms with E-state index in [-0.39, 0.29) is 12.0 Å². The molecule has 0 bridgehead atoms. The van der Waals surface area contributed by atoms with Crippen LogP contribution in [-0.2, 0) is 9.63 Å². The summed E-state index contributed by atoms with van der Waals surface area (Å²) in [5.74, 6) is 1.26. The number of nitrogens with one attached hydrogen (secondary N) is 1. The van der Waals surface area contributed by atoms with Crippen molar-refractivity contribution in [1.82, 2.24) is 5.32 Å². The van der Waals surface area contributed by atoms with Crippen molar-refractivity contribution < 1.29 is 14.4 Å². The van der Waals surface area contributed by atoms with Gasteiger partial charge in [-0.05, 0) is 43.7 Å². The molecular weight excluding hydrogens is 304 g/mol. The second-order valence-corrected chi connectivity index (χ2v) is 6.58. The molecule has 1 amide bonds. The lowest BCUT2D eigenvalue weighted by Gasteiger charge is -2.09. The number of benzene rings is 1. The van der Waals surface area contributed by atoms with Gasteiger partial charge in [-0.25, -0.2) is 0 Å². The number of hydrogen-bond acceptors (Lipinski definition) is 4. The quantitative estimate of drug-likeness (QED) is 0.667. The molecule has 0 saturated heterocycles. The maximum absolute atomic E-state index is 11.9. The summed E-state index contributed by atoms with van der Waals surface area (Å²) in [6.07, 6.45) is 4.74. The zero-order valence-corrected chi connectivity index (χ0v) is 14.7. The third kappa shape index (κ3) is 6.60. The van der Waals surface area contributed by atoms with E-state index in [0.717, 1.165) is 38.0 Å². The number of rotatable bonds is 10. The van der Waals surface area contributed by atoms with E-state index in [1.54, 1.807) is 0 Å². The van der Waals surface area contributed by atoms with E-state index in [2.05, 4.69) is 24.3 Å². The molecule has 5 nitrogen and oxygen atoms in total. The van der Waals surface area contributed by atoms with Gasteiger partial charge in [0.15, 0.2) is 0 Å². The molecule has 1 aliphatic heterocycles. The van der Waals surface area contributed by atoms with Gasteiger partial charge in [0.25, 0.3) is 5.91 Å². The fourth-order valence-corrected chi connectivity index (χ4v) is 2.47. The number of hydrogen-bond donors (Lipinski definition) is 1. The Hall–Kier alpha value is -2.04. The van der Waals surface area contributed by atoms with Crippen LogP contribution in [0.1, 0.15) is 46.0 Å². The molecule has 1 atom stereocenters. The van der Waals surface area contributed by atoms with Crippen molar-refractivity contribution in [2.45, 2.75) is 52.1 Å². The van der Waals surface area contributed by atoms with Crippen LogP contribution in [0.2, 0.25) is 0 Å². The van der Waals surface area contributed by atoms with Gasteiger partial charge in [-0.2, -0.15) is 0 Å². The van der Waals surface area contributed by atoms with Crippen LogP contribution >= 0.6 is 0 Å². The molecule has 132 valence electrons. The van der Waals surface area contributed by atoms with E-state index in [1.807, 2.05) is 30.3 Å². The van der Waals surface area contributed by atoms with Crippen molar-refractivity contribution in [2.24, 2.45) is 11.1 Å². The Morgan fingerprint density at radius 2 is 2.08 bits per heavy atom. The Morgan fingerprint density at radius 1 is 1.29 bits per heavy atom. The molecule has 1 aliphatic rings. The van der Waals surface area contributed by atoms with E-state index in [1.165, 1.54) is 0 Å². The van der Waals surface area contributed by atoms with E-state index in [0.29, 0.717) is 24.6 Å². The standard InChI is InChI=1S/C19H28N2O3/c1-15(2)14-20-19(22)18-13-17(24-21-18)11-7-4-8-12-23-16-9-5-3-6-10-16/h3,5-6,9-10,15,17H,4,7-8,11-14H2,1-2H3,(H,20,22). The molecule has 0 saturated carbocycles. The van der Waals surface area contributed by atoms with Crippen LogP contribution < -0.4 is 10.1 Å². The highest BCUT2D eigenvalue weighted by Gasteiger charge is 2.25. The predicted octanol–water partition coefficient (Wildman–Crippen LogP) is 3.54. The molecule has 0 fully saturated rings. The molecular formula is C19H28N2O3. The van der Waals surface area contributed by atoms with Gasteiger partial charge >= 0.3 is 0 Å². The lowest BCUT2D eigenvalue weighted by molar-refractivity contribution is -0.115. The Balaban J connectivity index is 1.51. The van der Waals surface area contributed by atoms with Crippen molar-refractivity contribution in [3.05, 3.63) is 30.3 Å². The Morgan fingerprint density at radius 3 is 2.83 bits per heavy atom. The number of nitrogens with zero attached hydrogens (tertiary/aromatic N) is 1. The second-order valence-electron chi connectivity index (χ2n) is 6.58. The molecule has 1 unspecified atom stereocenters. The van der Waals surface area contributed by atoms with Crippen molar-refractivity contribution >= 4 is 11.6 Å². The molecule has 1 N–H and O–H groups in total. The Bertz CT molecular complexity index is 529. The Kier molecular flexibility index (Phi) is 7.59. The Labute approximate surface area is 144 Å². The molecule has 1 aromatic rings. The minimum absolute atomic E-state index is 0.0415. The first-order valence-corrected chi connectivity index (χ1v) is 8.84. The van der Waals surface area contributed by atoms with E-state index in [4.69, 9.17) is 9.57 Å².